The summed E-state index contributed by atoms with van der Waals surface area (Å²) >= 11 is 3.23. The highest BCUT2D eigenvalue weighted by molar-refractivity contribution is 9.10. The van der Waals surface area contributed by atoms with Crippen LogP contribution in [0, 0.1) is 13.8 Å². The lowest BCUT2D eigenvalue weighted by Crippen LogP contribution is -2.13. The molecule has 0 fully saturated rings. The molecule has 102 valence electrons. The van der Waals surface area contributed by atoms with Gasteiger partial charge in [-0.05, 0) is 53.0 Å². The molecule has 0 amide bonds. The third kappa shape index (κ3) is 5.91. The van der Waals surface area contributed by atoms with Crippen LogP contribution >= 0.6 is 15.9 Å². The molecule has 0 radical (unpaired) electrons. The summed E-state index contributed by atoms with van der Waals surface area (Å²) in [4.78, 5) is 7.63. The molecule has 7 heteroatoms. The number of hydrogen-bond donors (Lipinski definition) is 1. The second kappa shape index (κ2) is 6.74. The quantitative estimate of drug-likeness (QED) is 0.804. The zero-order valence-corrected chi connectivity index (χ0v) is 12.9. The summed E-state index contributed by atoms with van der Waals surface area (Å²) < 4.78 is 22.2. The highest BCUT2D eigenvalue weighted by atomic mass is 79.9. The van der Waals surface area contributed by atoms with Crippen LogP contribution in [-0.2, 0) is 10.0 Å². The maximum atomic E-state index is 10.7. The van der Waals surface area contributed by atoms with E-state index in [1.165, 1.54) is 17.8 Å². The van der Waals surface area contributed by atoms with Gasteiger partial charge in [0.05, 0.1) is 0 Å². The first-order valence-electron chi connectivity index (χ1n) is 5.32. The normalized spacial score (nSPS) is 10.5. The van der Waals surface area contributed by atoms with E-state index in [9.17, 15) is 8.42 Å². The molecule has 0 bridgehead atoms. The second-order valence-corrected chi connectivity index (χ2v) is 6.20. The third-order valence-corrected chi connectivity index (χ3v) is 3.34. The molecular weight excluding hydrogens is 330 g/mol. The van der Waals surface area contributed by atoms with Crippen molar-refractivity contribution in [3.8, 4) is 0 Å². The molecule has 2 N–H and O–H groups in total. The molecule has 2 aromatic rings. The number of pyridine rings is 2. The number of aryl methyl sites for hydroxylation is 2. The van der Waals surface area contributed by atoms with Gasteiger partial charge in [0.25, 0.3) is 10.0 Å². The fourth-order valence-corrected chi connectivity index (χ4v) is 1.76. The average Bonchev–Trinajstić information content (AvgIpc) is 2.33. The molecule has 2 heterocycles. The molecule has 0 saturated heterocycles. The maximum absolute atomic E-state index is 10.7. The Hall–Kier alpha value is -1.31. The lowest BCUT2D eigenvalue weighted by atomic mass is 10.3. The summed E-state index contributed by atoms with van der Waals surface area (Å²) in [5.41, 5.74) is 2.09. The van der Waals surface area contributed by atoms with Gasteiger partial charge in [-0.25, -0.2) is 23.5 Å². The van der Waals surface area contributed by atoms with Crippen LogP contribution in [0.25, 0.3) is 0 Å². The van der Waals surface area contributed by atoms with Crippen molar-refractivity contribution in [1.29, 1.82) is 0 Å². The Balaban J connectivity index is 0.000000200. The van der Waals surface area contributed by atoms with Gasteiger partial charge in [-0.3, -0.25) is 0 Å². The first-order valence-corrected chi connectivity index (χ1v) is 7.66. The second-order valence-electron chi connectivity index (χ2n) is 3.88. The van der Waals surface area contributed by atoms with Gasteiger partial charge in [0, 0.05) is 12.4 Å². The average molecular weight is 344 g/mol. The van der Waals surface area contributed by atoms with Crippen molar-refractivity contribution in [2.75, 3.05) is 0 Å². The van der Waals surface area contributed by atoms with Crippen LogP contribution in [0.1, 0.15) is 11.1 Å². The zero-order chi connectivity index (χ0) is 14.5. The summed E-state index contributed by atoms with van der Waals surface area (Å²) in [5.74, 6) is 0. The zero-order valence-electron chi connectivity index (χ0n) is 10.5. The Morgan fingerprint density at radius 2 is 1.53 bits per heavy atom. The first kappa shape index (κ1) is 15.7. The van der Waals surface area contributed by atoms with Crippen LogP contribution in [0.5, 0.6) is 0 Å². The smallest absolute Gasteiger partial charge is 0.249 e. The molecular formula is C12H14BrN3O2S. The van der Waals surface area contributed by atoms with Gasteiger partial charge in [-0.15, -0.1) is 0 Å². The summed E-state index contributed by atoms with van der Waals surface area (Å²) in [6, 6.07) is 6.96. The highest BCUT2D eigenvalue weighted by Crippen LogP contribution is 2.04. The summed E-state index contributed by atoms with van der Waals surface area (Å²) in [6.45, 7) is 3.83. The predicted octanol–water partition coefficient (Wildman–Crippen LogP) is 2.19. The molecule has 0 aliphatic rings. The van der Waals surface area contributed by atoms with Gasteiger partial charge in [0.1, 0.15) is 4.60 Å². The number of nitrogens with two attached hydrogens (primary N) is 1. The number of primary sulfonamides is 1. The minimum Gasteiger partial charge on any atom is -0.249 e. The van der Waals surface area contributed by atoms with E-state index in [2.05, 4.69) is 25.9 Å². The van der Waals surface area contributed by atoms with Gasteiger partial charge in [0.15, 0.2) is 5.03 Å². The fraction of sp³-hybridized carbons (Fsp3) is 0.167. The predicted molar refractivity (Wildman–Crippen MR) is 77.0 cm³/mol. The van der Waals surface area contributed by atoms with Gasteiger partial charge >= 0.3 is 0 Å². The Bertz CT molecular complexity index is 604. The lowest BCUT2D eigenvalue weighted by molar-refractivity contribution is 0.594. The van der Waals surface area contributed by atoms with E-state index in [0.29, 0.717) is 0 Å². The van der Waals surface area contributed by atoms with Crippen LogP contribution in [0.4, 0.5) is 0 Å². The van der Waals surface area contributed by atoms with Crippen molar-refractivity contribution in [3.63, 3.8) is 0 Å². The number of hydrogen-bond acceptors (Lipinski definition) is 4. The number of nitrogens with zero attached hydrogens (tertiary/aromatic N) is 2. The Morgan fingerprint density at radius 3 is 1.84 bits per heavy atom. The molecule has 19 heavy (non-hydrogen) atoms. The fourth-order valence-electron chi connectivity index (χ4n) is 1.07. The molecule has 2 rings (SSSR count). The third-order valence-electron chi connectivity index (χ3n) is 2.05. The van der Waals surface area contributed by atoms with Crippen LogP contribution in [0.3, 0.4) is 0 Å². The van der Waals surface area contributed by atoms with Gasteiger partial charge in [-0.2, -0.15) is 0 Å². The summed E-state index contributed by atoms with van der Waals surface area (Å²) in [7, 11) is -3.63. The van der Waals surface area contributed by atoms with E-state index in [1.807, 2.05) is 32.2 Å². The van der Waals surface area contributed by atoms with Crippen LogP contribution in [0.2, 0.25) is 0 Å². The largest absolute Gasteiger partial charge is 0.255 e. The van der Waals surface area contributed by atoms with Crippen LogP contribution in [0.15, 0.2) is 46.3 Å². The molecule has 0 unspecified atom stereocenters. The van der Waals surface area contributed by atoms with E-state index in [-0.39, 0.29) is 5.03 Å². The topological polar surface area (TPSA) is 85.9 Å². The van der Waals surface area contributed by atoms with Gasteiger partial charge < -0.3 is 0 Å². The van der Waals surface area contributed by atoms with E-state index in [0.717, 1.165) is 10.2 Å². The van der Waals surface area contributed by atoms with E-state index < -0.39 is 10.0 Å². The maximum Gasteiger partial charge on any atom is 0.255 e. The van der Waals surface area contributed by atoms with E-state index in [4.69, 9.17) is 5.14 Å². The van der Waals surface area contributed by atoms with Gasteiger partial charge in [-0.1, -0.05) is 12.1 Å². The number of sulfonamides is 1. The lowest BCUT2D eigenvalue weighted by Gasteiger charge is -1.95. The van der Waals surface area contributed by atoms with Crippen molar-refractivity contribution in [3.05, 3.63) is 52.4 Å². The molecule has 0 saturated carbocycles. The molecule has 0 aromatic carbocycles. The minimum atomic E-state index is -3.63. The Morgan fingerprint density at radius 1 is 1.00 bits per heavy atom. The molecule has 2 aromatic heterocycles. The van der Waals surface area contributed by atoms with Crippen molar-refractivity contribution < 1.29 is 8.42 Å². The Kier molecular flexibility index (Phi) is 5.59. The number of rotatable bonds is 1. The number of aromatic nitrogens is 2. The monoisotopic (exact) mass is 343 g/mol. The molecule has 0 spiro atoms. The molecule has 5 nitrogen and oxygen atoms in total. The summed E-state index contributed by atoms with van der Waals surface area (Å²) in [6.07, 6.45) is 3.28. The Labute approximate surface area is 121 Å². The SMILES string of the molecule is Cc1ccc(Br)nc1.Cc1ccc(S(N)(=O)=O)nc1. The molecule has 0 atom stereocenters. The minimum absolute atomic E-state index is 0.0944. The van der Waals surface area contributed by atoms with E-state index >= 15 is 0 Å². The van der Waals surface area contributed by atoms with Crippen molar-refractivity contribution >= 4 is 26.0 Å². The van der Waals surface area contributed by atoms with Crippen molar-refractivity contribution in [2.45, 2.75) is 18.9 Å². The van der Waals surface area contributed by atoms with Crippen LogP contribution < -0.4 is 5.14 Å². The highest BCUT2D eigenvalue weighted by Gasteiger charge is 2.06. The van der Waals surface area contributed by atoms with Crippen molar-refractivity contribution in [1.82, 2.24) is 9.97 Å². The standard InChI is InChI=1S/C6H6BrN.C6H8N2O2S/c1-5-2-3-6(7)8-4-5;1-5-2-3-6(8-4-5)11(7,9)10/h2-4H,1H3;2-4H,1H3,(H2,7,9,10). The molecule has 0 aliphatic heterocycles. The number of halogens is 1. The van der Waals surface area contributed by atoms with E-state index in [1.54, 1.807) is 6.07 Å². The summed E-state index contributed by atoms with van der Waals surface area (Å²) in [5, 5.41) is 4.72. The van der Waals surface area contributed by atoms with Crippen LogP contribution in [-0.4, -0.2) is 18.4 Å². The van der Waals surface area contributed by atoms with Gasteiger partial charge in [0.2, 0.25) is 0 Å². The molecule has 0 aliphatic carbocycles. The first-order chi connectivity index (χ1) is 8.79. The van der Waals surface area contributed by atoms with Crippen molar-refractivity contribution in [2.24, 2.45) is 5.14 Å².